The molecule has 0 spiro atoms. The summed E-state index contributed by atoms with van der Waals surface area (Å²) in [5.74, 6) is -0.178. The molecule has 0 aromatic carbocycles. The van der Waals surface area contributed by atoms with Crippen LogP contribution >= 0.6 is 0 Å². The highest BCUT2D eigenvalue weighted by Gasteiger charge is 2.41. The quantitative estimate of drug-likeness (QED) is 0.574. The average molecular weight is 258 g/mol. The van der Waals surface area contributed by atoms with Gasteiger partial charge in [0.2, 0.25) is 0 Å². The Morgan fingerprint density at radius 3 is 2.18 bits per heavy atom. The summed E-state index contributed by atoms with van der Waals surface area (Å²) in [6.45, 7) is 12.8. The summed E-state index contributed by atoms with van der Waals surface area (Å²) in [4.78, 5) is 10.9. The maximum atomic E-state index is 10.9. The predicted molar refractivity (Wildman–Crippen MR) is 71.5 cm³/mol. The highest BCUT2D eigenvalue weighted by atomic mass is 28.4. The predicted octanol–water partition coefficient (Wildman–Crippen LogP) is 3.49. The molecule has 0 N–H and O–H groups in total. The lowest BCUT2D eigenvalue weighted by molar-refractivity contribution is -0.146. The van der Waals surface area contributed by atoms with Crippen molar-refractivity contribution in [1.82, 2.24) is 0 Å². The third-order valence-corrected chi connectivity index (χ3v) is 8.47. The number of ether oxygens (including phenoxy) is 1. The summed E-state index contributed by atoms with van der Waals surface area (Å²) in [6.07, 6.45) is 3.18. The van der Waals surface area contributed by atoms with Crippen molar-refractivity contribution >= 4 is 14.3 Å². The van der Waals surface area contributed by atoms with Crippen LogP contribution in [0.3, 0.4) is 0 Å². The molecule has 0 amide bonds. The number of hydrogen-bond acceptors (Lipinski definition) is 3. The van der Waals surface area contributed by atoms with Crippen LogP contribution in [-0.2, 0) is 14.0 Å². The van der Waals surface area contributed by atoms with Gasteiger partial charge in [0.1, 0.15) is 6.10 Å². The zero-order valence-corrected chi connectivity index (χ0v) is 13.0. The van der Waals surface area contributed by atoms with E-state index in [9.17, 15) is 4.79 Å². The van der Waals surface area contributed by atoms with Gasteiger partial charge in [-0.15, -0.1) is 0 Å². The van der Waals surface area contributed by atoms with Gasteiger partial charge in [0.15, 0.2) is 8.32 Å². The molecule has 0 radical (unpaired) electrons. The highest BCUT2D eigenvalue weighted by molar-refractivity contribution is 6.74. The first-order valence-electron chi connectivity index (χ1n) is 6.47. The van der Waals surface area contributed by atoms with Gasteiger partial charge in [-0.3, -0.25) is 4.79 Å². The van der Waals surface area contributed by atoms with Crippen molar-refractivity contribution in [1.29, 1.82) is 0 Å². The van der Waals surface area contributed by atoms with Crippen molar-refractivity contribution in [3.63, 3.8) is 0 Å². The largest absolute Gasteiger partial charge is 0.462 e. The molecule has 0 aliphatic heterocycles. The van der Waals surface area contributed by atoms with Crippen molar-refractivity contribution in [2.45, 2.75) is 77.3 Å². The minimum absolute atomic E-state index is 0.0715. The number of hydrogen-bond donors (Lipinski definition) is 0. The van der Waals surface area contributed by atoms with Crippen molar-refractivity contribution in [3.05, 3.63) is 0 Å². The van der Waals surface area contributed by atoms with Crippen LogP contribution in [0.1, 0.15) is 47.0 Å². The Morgan fingerprint density at radius 2 is 1.71 bits per heavy atom. The van der Waals surface area contributed by atoms with Gasteiger partial charge in [0.25, 0.3) is 0 Å². The molecular formula is C13H26O3Si. The van der Waals surface area contributed by atoms with E-state index in [1.54, 1.807) is 0 Å². The molecule has 17 heavy (non-hydrogen) atoms. The van der Waals surface area contributed by atoms with Crippen molar-refractivity contribution in [2.75, 3.05) is 0 Å². The van der Waals surface area contributed by atoms with Gasteiger partial charge in [-0.25, -0.2) is 0 Å². The standard InChI is InChI=1S/C13H26O3Si/c1-10(14)15-11-7-8-12(9-11)16-17(5,6)13(2,3)4/h11-12H,7-9H2,1-6H3/t11-,12+/m0/s1. The van der Waals surface area contributed by atoms with Gasteiger partial charge in [-0.05, 0) is 31.0 Å². The van der Waals surface area contributed by atoms with Gasteiger partial charge >= 0.3 is 5.97 Å². The maximum Gasteiger partial charge on any atom is 0.302 e. The maximum absolute atomic E-state index is 10.9. The Labute approximate surface area is 106 Å². The molecule has 0 bridgehead atoms. The van der Waals surface area contributed by atoms with Crippen LogP contribution < -0.4 is 0 Å². The van der Waals surface area contributed by atoms with Gasteiger partial charge in [-0.2, -0.15) is 0 Å². The molecule has 100 valence electrons. The van der Waals surface area contributed by atoms with Crippen LogP contribution in [0.25, 0.3) is 0 Å². The van der Waals surface area contributed by atoms with E-state index < -0.39 is 8.32 Å². The molecule has 4 heteroatoms. The van der Waals surface area contributed by atoms with E-state index in [0.29, 0.717) is 0 Å². The molecule has 0 aromatic heterocycles. The minimum atomic E-state index is -1.68. The Balaban J connectivity index is 2.48. The Hall–Kier alpha value is -0.353. The van der Waals surface area contributed by atoms with E-state index in [2.05, 4.69) is 33.9 Å². The lowest BCUT2D eigenvalue weighted by Gasteiger charge is -2.38. The van der Waals surface area contributed by atoms with Crippen molar-refractivity contribution in [3.8, 4) is 0 Å². The fourth-order valence-corrected chi connectivity index (χ4v) is 3.34. The second-order valence-electron chi connectivity index (χ2n) is 6.54. The lowest BCUT2D eigenvalue weighted by atomic mass is 10.2. The molecule has 1 aliphatic rings. The Morgan fingerprint density at radius 1 is 1.18 bits per heavy atom. The number of rotatable bonds is 3. The van der Waals surface area contributed by atoms with Gasteiger partial charge in [-0.1, -0.05) is 20.8 Å². The smallest absolute Gasteiger partial charge is 0.302 e. The van der Waals surface area contributed by atoms with E-state index >= 15 is 0 Å². The van der Waals surface area contributed by atoms with Crippen LogP contribution in [0.5, 0.6) is 0 Å². The monoisotopic (exact) mass is 258 g/mol. The zero-order valence-electron chi connectivity index (χ0n) is 12.0. The number of carbonyl (C=O) groups is 1. The summed E-state index contributed by atoms with van der Waals surface area (Å²) >= 11 is 0. The van der Waals surface area contributed by atoms with Crippen LogP contribution in [0.15, 0.2) is 0 Å². The van der Waals surface area contributed by atoms with Crippen molar-refractivity contribution < 1.29 is 14.0 Å². The summed E-state index contributed by atoms with van der Waals surface area (Å²) in [5, 5.41) is 0.243. The number of esters is 1. The molecule has 0 saturated heterocycles. The van der Waals surface area contributed by atoms with Gasteiger partial charge < -0.3 is 9.16 Å². The molecule has 1 saturated carbocycles. The van der Waals surface area contributed by atoms with Crippen LogP contribution in [0.2, 0.25) is 18.1 Å². The molecule has 3 nitrogen and oxygen atoms in total. The van der Waals surface area contributed by atoms with E-state index in [-0.39, 0.29) is 23.2 Å². The second-order valence-corrected chi connectivity index (χ2v) is 11.3. The fourth-order valence-electron chi connectivity index (χ4n) is 1.94. The molecule has 1 rings (SSSR count). The summed E-state index contributed by atoms with van der Waals surface area (Å²) < 4.78 is 11.6. The van der Waals surface area contributed by atoms with E-state index in [1.807, 2.05) is 0 Å². The number of carbonyl (C=O) groups excluding carboxylic acids is 1. The van der Waals surface area contributed by atoms with E-state index in [1.165, 1.54) is 6.92 Å². The van der Waals surface area contributed by atoms with Crippen molar-refractivity contribution in [2.24, 2.45) is 0 Å². The first kappa shape index (κ1) is 14.7. The van der Waals surface area contributed by atoms with Crippen LogP contribution in [-0.4, -0.2) is 26.5 Å². The first-order valence-corrected chi connectivity index (χ1v) is 9.38. The Bertz CT molecular complexity index is 281. The van der Waals surface area contributed by atoms with Crippen LogP contribution in [0, 0.1) is 0 Å². The highest BCUT2D eigenvalue weighted by Crippen LogP contribution is 2.39. The fraction of sp³-hybridized carbons (Fsp3) is 0.923. The van der Waals surface area contributed by atoms with Crippen LogP contribution in [0.4, 0.5) is 0 Å². The summed E-state index contributed by atoms with van der Waals surface area (Å²) in [5.41, 5.74) is 0. The molecule has 0 unspecified atom stereocenters. The molecule has 1 fully saturated rings. The summed E-state index contributed by atoms with van der Waals surface area (Å²) in [7, 11) is -1.68. The lowest BCUT2D eigenvalue weighted by Crippen LogP contribution is -2.43. The van der Waals surface area contributed by atoms with Gasteiger partial charge in [0, 0.05) is 19.4 Å². The zero-order chi connectivity index (χ0) is 13.3. The molecule has 0 heterocycles. The molecular weight excluding hydrogens is 232 g/mol. The molecule has 2 atom stereocenters. The third kappa shape index (κ3) is 4.10. The molecule has 0 aromatic rings. The molecule has 1 aliphatic carbocycles. The minimum Gasteiger partial charge on any atom is -0.462 e. The third-order valence-electron chi connectivity index (χ3n) is 3.94. The normalized spacial score (nSPS) is 26.0. The summed E-state index contributed by atoms with van der Waals surface area (Å²) in [6, 6.07) is 0. The SMILES string of the molecule is CC(=O)O[C@H]1CC[C@@H](O[Si](C)(C)C(C)(C)C)C1. The Kier molecular flexibility index (Phi) is 4.41. The first-order chi connectivity index (χ1) is 7.62. The topological polar surface area (TPSA) is 35.5 Å². The van der Waals surface area contributed by atoms with E-state index in [4.69, 9.17) is 9.16 Å². The second kappa shape index (κ2) is 5.10. The van der Waals surface area contributed by atoms with E-state index in [0.717, 1.165) is 19.3 Å². The average Bonchev–Trinajstić information content (AvgIpc) is 2.48. The van der Waals surface area contributed by atoms with Gasteiger partial charge in [0.05, 0.1) is 0 Å².